The van der Waals surface area contributed by atoms with Gasteiger partial charge < -0.3 is 14.2 Å². The van der Waals surface area contributed by atoms with Gasteiger partial charge in [0.25, 0.3) is 0 Å². The largest absolute Gasteiger partial charge is 0.490 e. The summed E-state index contributed by atoms with van der Waals surface area (Å²) in [7, 11) is 0. The van der Waals surface area contributed by atoms with Crippen LogP contribution in [0.1, 0.15) is 36.8 Å². The number of halogens is 1. The highest BCUT2D eigenvalue weighted by atomic mass is 35.5. The molecule has 1 atom stereocenters. The zero-order chi connectivity index (χ0) is 14.7. The quantitative estimate of drug-likeness (QED) is 0.794. The highest BCUT2D eigenvalue weighted by Crippen LogP contribution is 2.37. The molecule has 2 fully saturated rings. The Kier molecular flexibility index (Phi) is 4.72. The summed E-state index contributed by atoms with van der Waals surface area (Å²) in [5.41, 5.74) is 2.19. The monoisotopic (exact) mass is 310 g/mol. The van der Waals surface area contributed by atoms with Crippen LogP contribution in [-0.2, 0) is 15.4 Å². The highest BCUT2D eigenvalue weighted by Gasteiger charge is 2.40. The van der Waals surface area contributed by atoms with Crippen LogP contribution in [0.15, 0.2) is 18.2 Å². The Hall–Kier alpha value is -0.770. The molecule has 0 aromatic heterocycles. The number of aryl methyl sites for hydroxylation is 1. The second-order valence-corrected chi connectivity index (χ2v) is 6.34. The zero-order valence-electron chi connectivity index (χ0n) is 12.6. The second-order valence-electron chi connectivity index (χ2n) is 6.07. The molecule has 116 valence electrons. The van der Waals surface area contributed by atoms with Crippen LogP contribution in [0.25, 0.3) is 0 Å². The molecule has 1 spiro atoms. The number of ether oxygens (including phenoxy) is 3. The minimum Gasteiger partial charge on any atom is -0.490 e. The summed E-state index contributed by atoms with van der Waals surface area (Å²) in [5.74, 6) is 1.45. The number of benzene rings is 1. The first-order valence-electron chi connectivity index (χ1n) is 7.75. The zero-order valence-corrected chi connectivity index (χ0v) is 13.3. The third kappa shape index (κ3) is 3.36. The van der Waals surface area contributed by atoms with Crippen LogP contribution in [0.2, 0.25) is 0 Å². The van der Waals surface area contributed by atoms with Gasteiger partial charge in [0, 0.05) is 31.6 Å². The van der Waals surface area contributed by atoms with Crippen LogP contribution in [0, 0.1) is 6.92 Å². The van der Waals surface area contributed by atoms with Crippen molar-refractivity contribution in [3.05, 3.63) is 29.3 Å². The van der Waals surface area contributed by atoms with E-state index in [4.69, 9.17) is 25.8 Å². The van der Waals surface area contributed by atoms with Gasteiger partial charge in [-0.1, -0.05) is 18.2 Å². The Balaban J connectivity index is 1.73. The summed E-state index contributed by atoms with van der Waals surface area (Å²) in [6.07, 6.45) is 4.05. The lowest BCUT2D eigenvalue weighted by atomic mass is 9.85. The van der Waals surface area contributed by atoms with Crippen LogP contribution in [0.5, 0.6) is 5.75 Å². The maximum Gasteiger partial charge on any atom is 0.127 e. The van der Waals surface area contributed by atoms with Gasteiger partial charge in [-0.25, -0.2) is 0 Å². The van der Waals surface area contributed by atoms with E-state index in [2.05, 4.69) is 13.0 Å². The number of hydrogen-bond donors (Lipinski definition) is 0. The molecule has 0 saturated carbocycles. The van der Waals surface area contributed by atoms with Crippen LogP contribution in [0.4, 0.5) is 0 Å². The average Bonchev–Trinajstić information content (AvgIpc) is 2.50. The summed E-state index contributed by atoms with van der Waals surface area (Å²) >= 11 is 6.04. The molecule has 2 heterocycles. The molecule has 1 aromatic carbocycles. The standard InChI is InChI=1S/C17H23ClO3/c1-13-3-2-4-14(12-18)16(13)21-15-5-8-20-17(11-15)6-9-19-10-7-17/h2-4,15H,5-12H2,1H3. The predicted octanol–water partition coefficient (Wildman–Crippen LogP) is 3.84. The average molecular weight is 311 g/mol. The van der Waals surface area contributed by atoms with Gasteiger partial charge >= 0.3 is 0 Å². The number of hydrogen-bond acceptors (Lipinski definition) is 3. The van der Waals surface area contributed by atoms with Crippen molar-refractivity contribution in [3.8, 4) is 5.75 Å². The van der Waals surface area contributed by atoms with Gasteiger partial charge in [-0.15, -0.1) is 11.6 Å². The van der Waals surface area contributed by atoms with E-state index >= 15 is 0 Å². The van der Waals surface area contributed by atoms with Gasteiger partial charge in [-0.3, -0.25) is 0 Å². The van der Waals surface area contributed by atoms with Gasteiger partial charge in [0.05, 0.1) is 18.1 Å². The normalized spacial score (nSPS) is 25.0. The van der Waals surface area contributed by atoms with Crippen molar-refractivity contribution in [1.29, 1.82) is 0 Å². The lowest BCUT2D eigenvalue weighted by Gasteiger charge is -2.43. The molecule has 2 aliphatic heterocycles. The predicted molar refractivity (Wildman–Crippen MR) is 83.1 cm³/mol. The Bertz CT molecular complexity index is 477. The molecule has 0 radical (unpaired) electrons. The summed E-state index contributed by atoms with van der Waals surface area (Å²) < 4.78 is 17.9. The molecule has 0 N–H and O–H groups in total. The van der Waals surface area contributed by atoms with Crippen molar-refractivity contribution in [2.24, 2.45) is 0 Å². The first-order valence-corrected chi connectivity index (χ1v) is 8.29. The molecular weight excluding hydrogens is 288 g/mol. The summed E-state index contributed by atoms with van der Waals surface area (Å²) in [4.78, 5) is 0. The van der Waals surface area contributed by atoms with Crippen molar-refractivity contribution < 1.29 is 14.2 Å². The maximum absolute atomic E-state index is 6.33. The SMILES string of the molecule is Cc1cccc(CCl)c1OC1CCOC2(CCOCC2)C1. The first-order chi connectivity index (χ1) is 10.2. The molecule has 21 heavy (non-hydrogen) atoms. The van der Waals surface area contributed by atoms with E-state index in [1.807, 2.05) is 12.1 Å². The Labute approximate surface area is 131 Å². The van der Waals surface area contributed by atoms with Crippen LogP contribution < -0.4 is 4.74 Å². The number of alkyl halides is 1. The van der Waals surface area contributed by atoms with E-state index in [0.717, 1.165) is 62.4 Å². The molecule has 0 amide bonds. The Morgan fingerprint density at radius 2 is 2.10 bits per heavy atom. The van der Waals surface area contributed by atoms with Gasteiger partial charge in [0.15, 0.2) is 0 Å². The molecule has 1 aromatic rings. The third-order valence-electron chi connectivity index (χ3n) is 4.57. The van der Waals surface area contributed by atoms with Crippen molar-refractivity contribution in [3.63, 3.8) is 0 Å². The fraction of sp³-hybridized carbons (Fsp3) is 0.647. The molecular formula is C17H23ClO3. The van der Waals surface area contributed by atoms with E-state index in [-0.39, 0.29) is 11.7 Å². The highest BCUT2D eigenvalue weighted by molar-refractivity contribution is 6.17. The summed E-state index contributed by atoms with van der Waals surface area (Å²) in [5, 5.41) is 0. The van der Waals surface area contributed by atoms with Gasteiger partial charge in [-0.05, 0) is 25.3 Å². The third-order valence-corrected chi connectivity index (χ3v) is 4.86. The van der Waals surface area contributed by atoms with Crippen molar-refractivity contribution in [2.75, 3.05) is 19.8 Å². The molecule has 1 unspecified atom stereocenters. The number of rotatable bonds is 3. The molecule has 2 saturated heterocycles. The second kappa shape index (κ2) is 6.55. The lowest BCUT2D eigenvalue weighted by molar-refractivity contribution is -0.155. The topological polar surface area (TPSA) is 27.7 Å². The smallest absolute Gasteiger partial charge is 0.127 e. The van der Waals surface area contributed by atoms with Crippen molar-refractivity contribution in [2.45, 2.75) is 50.2 Å². The number of para-hydroxylation sites is 1. The van der Waals surface area contributed by atoms with Crippen LogP contribution in [0.3, 0.4) is 0 Å². The molecule has 0 aliphatic carbocycles. The maximum atomic E-state index is 6.33. The fourth-order valence-corrected chi connectivity index (χ4v) is 3.54. The van der Waals surface area contributed by atoms with E-state index < -0.39 is 0 Å². The van der Waals surface area contributed by atoms with Crippen molar-refractivity contribution >= 4 is 11.6 Å². The van der Waals surface area contributed by atoms with Crippen molar-refractivity contribution in [1.82, 2.24) is 0 Å². The minimum absolute atomic E-state index is 0.0367. The first kappa shape index (κ1) is 15.1. The molecule has 4 heteroatoms. The van der Waals surface area contributed by atoms with Gasteiger partial charge in [0.1, 0.15) is 11.9 Å². The minimum atomic E-state index is -0.0367. The van der Waals surface area contributed by atoms with E-state index in [1.54, 1.807) is 0 Å². The van der Waals surface area contributed by atoms with Crippen LogP contribution >= 0.6 is 11.6 Å². The van der Waals surface area contributed by atoms with E-state index in [0.29, 0.717) is 5.88 Å². The Morgan fingerprint density at radius 1 is 1.29 bits per heavy atom. The summed E-state index contributed by atoms with van der Waals surface area (Å²) in [6, 6.07) is 6.15. The molecule has 3 nitrogen and oxygen atoms in total. The lowest BCUT2D eigenvalue weighted by Crippen LogP contribution is -2.47. The molecule has 0 bridgehead atoms. The van der Waals surface area contributed by atoms with E-state index in [1.165, 1.54) is 0 Å². The van der Waals surface area contributed by atoms with E-state index in [9.17, 15) is 0 Å². The Morgan fingerprint density at radius 3 is 2.86 bits per heavy atom. The molecule has 3 rings (SSSR count). The summed E-state index contributed by atoms with van der Waals surface area (Å²) in [6.45, 7) is 4.44. The molecule has 2 aliphatic rings. The fourth-order valence-electron chi connectivity index (χ4n) is 3.33. The van der Waals surface area contributed by atoms with Gasteiger partial charge in [0.2, 0.25) is 0 Å². The van der Waals surface area contributed by atoms with Crippen LogP contribution in [-0.4, -0.2) is 31.5 Å². The van der Waals surface area contributed by atoms with Gasteiger partial charge in [-0.2, -0.15) is 0 Å².